The van der Waals surface area contributed by atoms with Crippen molar-refractivity contribution in [2.24, 2.45) is 5.73 Å². The van der Waals surface area contributed by atoms with Crippen molar-refractivity contribution >= 4 is 23.5 Å². The molecule has 0 aliphatic heterocycles. The maximum absolute atomic E-state index is 11.5. The molecule has 0 spiro atoms. The normalized spacial score (nSPS) is 9.74. The number of benzene rings is 1. The van der Waals surface area contributed by atoms with Gasteiger partial charge in [0.25, 0.3) is 0 Å². The van der Waals surface area contributed by atoms with E-state index in [1.165, 1.54) is 18.2 Å². The molecule has 19 heavy (non-hydrogen) atoms. The summed E-state index contributed by atoms with van der Waals surface area (Å²) in [5.41, 5.74) is 5.25. The van der Waals surface area contributed by atoms with Crippen LogP contribution >= 0.6 is 0 Å². The van der Waals surface area contributed by atoms with Crippen molar-refractivity contribution < 1.29 is 19.5 Å². The fourth-order valence-electron chi connectivity index (χ4n) is 1.34. The minimum absolute atomic E-state index is 0.0778. The highest BCUT2D eigenvalue weighted by atomic mass is 16.4. The Bertz CT molecular complexity index is 488. The van der Waals surface area contributed by atoms with E-state index in [0.717, 1.165) is 0 Å². The van der Waals surface area contributed by atoms with Crippen LogP contribution in [-0.2, 0) is 9.59 Å². The van der Waals surface area contributed by atoms with E-state index in [-0.39, 0.29) is 11.3 Å². The average molecular weight is 265 g/mol. The van der Waals surface area contributed by atoms with Gasteiger partial charge in [-0.05, 0) is 25.1 Å². The van der Waals surface area contributed by atoms with Gasteiger partial charge in [0.05, 0.1) is 11.3 Å². The van der Waals surface area contributed by atoms with Crippen LogP contribution in [0.1, 0.15) is 16.8 Å². The third-order valence-corrected chi connectivity index (χ3v) is 2.28. The van der Waals surface area contributed by atoms with Crippen LogP contribution in [0, 0.1) is 0 Å². The van der Waals surface area contributed by atoms with Crippen molar-refractivity contribution in [1.82, 2.24) is 5.32 Å². The molecule has 0 saturated heterocycles. The molecule has 7 nitrogen and oxygen atoms in total. The lowest BCUT2D eigenvalue weighted by molar-refractivity contribution is -0.136. The summed E-state index contributed by atoms with van der Waals surface area (Å²) < 4.78 is 0. The van der Waals surface area contributed by atoms with E-state index < -0.39 is 17.8 Å². The van der Waals surface area contributed by atoms with Gasteiger partial charge in [-0.25, -0.2) is 4.79 Å². The highest BCUT2D eigenvalue weighted by Crippen LogP contribution is 2.14. The second kappa shape index (κ2) is 7.12. The topological polar surface area (TPSA) is 122 Å². The maximum atomic E-state index is 11.5. The minimum Gasteiger partial charge on any atom is -0.478 e. The number of para-hydroxylation sites is 1. The second-order valence-corrected chi connectivity index (χ2v) is 3.70. The van der Waals surface area contributed by atoms with Crippen LogP contribution in [0.15, 0.2) is 24.3 Å². The fraction of sp³-hybridized carbons (Fsp3) is 0.250. The number of carbonyl (C=O) groups is 3. The zero-order valence-corrected chi connectivity index (χ0v) is 10.2. The average Bonchev–Trinajstić information content (AvgIpc) is 2.39. The van der Waals surface area contributed by atoms with Crippen molar-refractivity contribution in [3.63, 3.8) is 0 Å². The number of carboxylic acids is 1. The molecule has 102 valence electrons. The molecule has 0 aliphatic carbocycles. The van der Waals surface area contributed by atoms with E-state index >= 15 is 0 Å². The SMILES string of the molecule is NCCCNC(=O)C(=O)Nc1ccccc1C(=O)O. The zero-order valence-electron chi connectivity index (χ0n) is 10.2. The van der Waals surface area contributed by atoms with E-state index in [1.54, 1.807) is 6.07 Å². The Morgan fingerprint density at radius 1 is 1.16 bits per heavy atom. The molecule has 5 N–H and O–H groups in total. The summed E-state index contributed by atoms with van der Waals surface area (Å²) in [6.45, 7) is 0.701. The molecule has 1 aromatic rings. The van der Waals surface area contributed by atoms with E-state index in [2.05, 4.69) is 10.6 Å². The Morgan fingerprint density at radius 3 is 2.47 bits per heavy atom. The first-order valence-electron chi connectivity index (χ1n) is 5.68. The molecule has 0 fully saturated rings. The van der Waals surface area contributed by atoms with Crippen LogP contribution < -0.4 is 16.4 Å². The lowest BCUT2D eigenvalue weighted by atomic mass is 10.2. The van der Waals surface area contributed by atoms with Crippen molar-refractivity contribution in [1.29, 1.82) is 0 Å². The highest BCUT2D eigenvalue weighted by Gasteiger charge is 2.16. The Labute approximate surface area is 109 Å². The van der Waals surface area contributed by atoms with Crippen LogP contribution in [-0.4, -0.2) is 36.0 Å². The van der Waals surface area contributed by atoms with Crippen molar-refractivity contribution in [2.45, 2.75) is 6.42 Å². The first-order valence-corrected chi connectivity index (χ1v) is 5.68. The third-order valence-electron chi connectivity index (χ3n) is 2.28. The molecule has 7 heteroatoms. The predicted molar refractivity (Wildman–Crippen MR) is 68.7 cm³/mol. The summed E-state index contributed by atoms with van der Waals surface area (Å²) in [5, 5.41) is 13.6. The standard InChI is InChI=1S/C12H15N3O4/c13-6-3-7-14-10(16)11(17)15-9-5-2-1-4-8(9)12(18)19/h1-2,4-5H,3,6-7,13H2,(H,14,16)(H,15,17)(H,18,19). The summed E-state index contributed by atoms with van der Waals surface area (Å²) in [6.07, 6.45) is 0.560. The van der Waals surface area contributed by atoms with Gasteiger partial charge in [0.2, 0.25) is 0 Å². The number of anilines is 1. The highest BCUT2D eigenvalue weighted by molar-refractivity contribution is 6.39. The lowest BCUT2D eigenvalue weighted by Crippen LogP contribution is -2.36. The van der Waals surface area contributed by atoms with Crippen molar-refractivity contribution in [2.75, 3.05) is 18.4 Å². The largest absolute Gasteiger partial charge is 0.478 e. The fourth-order valence-corrected chi connectivity index (χ4v) is 1.34. The van der Waals surface area contributed by atoms with Crippen molar-refractivity contribution in [3.05, 3.63) is 29.8 Å². The van der Waals surface area contributed by atoms with Gasteiger partial charge in [-0.3, -0.25) is 9.59 Å². The van der Waals surface area contributed by atoms with Crippen LogP contribution in [0.25, 0.3) is 0 Å². The third kappa shape index (κ3) is 4.40. The summed E-state index contributed by atoms with van der Waals surface area (Å²) in [7, 11) is 0. The Balaban J connectivity index is 2.66. The molecule has 2 amide bonds. The van der Waals surface area contributed by atoms with E-state index in [1.807, 2.05) is 0 Å². The molecular weight excluding hydrogens is 250 g/mol. The van der Waals surface area contributed by atoms with Gasteiger partial charge in [-0.2, -0.15) is 0 Å². The molecule has 0 bridgehead atoms. The number of carboxylic acid groups (broad SMARTS) is 1. The Morgan fingerprint density at radius 2 is 1.84 bits per heavy atom. The van der Waals surface area contributed by atoms with Gasteiger partial charge in [0, 0.05) is 6.54 Å². The molecule has 1 rings (SSSR count). The molecular formula is C12H15N3O4. The first kappa shape index (κ1) is 14.7. The van der Waals surface area contributed by atoms with Gasteiger partial charge >= 0.3 is 17.8 Å². The molecule has 0 aromatic heterocycles. The molecule has 0 atom stereocenters. The number of aromatic carboxylic acids is 1. The number of nitrogens with one attached hydrogen (secondary N) is 2. The number of hydrogen-bond donors (Lipinski definition) is 4. The summed E-state index contributed by atoms with van der Waals surface area (Å²) in [4.78, 5) is 33.8. The van der Waals surface area contributed by atoms with Crippen LogP contribution in [0.3, 0.4) is 0 Å². The monoisotopic (exact) mass is 265 g/mol. The summed E-state index contributed by atoms with van der Waals surface area (Å²) in [6, 6.07) is 5.84. The smallest absolute Gasteiger partial charge is 0.337 e. The maximum Gasteiger partial charge on any atom is 0.337 e. The van der Waals surface area contributed by atoms with Crippen molar-refractivity contribution in [3.8, 4) is 0 Å². The van der Waals surface area contributed by atoms with E-state index in [9.17, 15) is 14.4 Å². The van der Waals surface area contributed by atoms with Gasteiger partial charge in [-0.1, -0.05) is 12.1 Å². The second-order valence-electron chi connectivity index (χ2n) is 3.70. The summed E-state index contributed by atoms with van der Waals surface area (Å²) in [5.74, 6) is -2.92. The molecule has 0 saturated carbocycles. The van der Waals surface area contributed by atoms with E-state index in [0.29, 0.717) is 19.5 Å². The number of hydrogen-bond acceptors (Lipinski definition) is 4. The number of amides is 2. The van der Waals surface area contributed by atoms with Crippen LogP contribution in [0.5, 0.6) is 0 Å². The van der Waals surface area contributed by atoms with Gasteiger partial charge in [0.1, 0.15) is 0 Å². The molecule has 0 heterocycles. The van der Waals surface area contributed by atoms with Crippen LogP contribution in [0.4, 0.5) is 5.69 Å². The zero-order chi connectivity index (χ0) is 14.3. The summed E-state index contributed by atoms with van der Waals surface area (Å²) >= 11 is 0. The first-order chi connectivity index (χ1) is 9.06. The van der Waals surface area contributed by atoms with Gasteiger partial charge in [-0.15, -0.1) is 0 Å². The lowest BCUT2D eigenvalue weighted by Gasteiger charge is -2.08. The van der Waals surface area contributed by atoms with Gasteiger partial charge in [0.15, 0.2) is 0 Å². The molecule has 1 aromatic carbocycles. The Hall–Kier alpha value is -2.41. The van der Waals surface area contributed by atoms with Gasteiger partial charge < -0.3 is 21.5 Å². The molecule has 0 aliphatic rings. The number of nitrogens with two attached hydrogens (primary N) is 1. The van der Waals surface area contributed by atoms with E-state index in [4.69, 9.17) is 10.8 Å². The van der Waals surface area contributed by atoms with Crippen LogP contribution in [0.2, 0.25) is 0 Å². The minimum atomic E-state index is -1.18. The molecule has 0 unspecified atom stereocenters. The molecule has 0 radical (unpaired) electrons. The predicted octanol–water partition coefficient (Wildman–Crippen LogP) is -0.212. The quantitative estimate of drug-likeness (QED) is 0.433. The Kier molecular flexibility index (Phi) is 5.49. The number of rotatable bonds is 5. The number of carbonyl (C=O) groups excluding carboxylic acids is 2.